The summed E-state index contributed by atoms with van der Waals surface area (Å²) < 4.78 is 27.9. The Hall–Kier alpha value is -1.27. The van der Waals surface area contributed by atoms with Crippen molar-refractivity contribution in [2.75, 3.05) is 23.9 Å². The molecule has 5 nitrogen and oxygen atoms in total. The van der Waals surface area contributed by atoms with Crippen LogP contribution in [0.3, 0.4) is 0 Å². The Morgan fingerprint density at radius 1 is 1.25 bits per heavy atom. The van der Waals surface area contributed by atoms with Crippen molar-refractivity contribution in [1.82, 2.24) is 0 Å². The van der Waals surface area contributed by atoms with Crippen molar-refractivity contribution in [3.63, 3.8) is 0 Å². The number of sulfone groups is 1. The molecule has 1 aromatic rings. The van der Waals surface area contributed by atoms with Crippen LogP contribution in [0.5, 0.6) is 0 Å². The minimum absolute atomic E-state index is 0.0251. The van der Waals surface area contributed by atoms with Gasteiger partial charge in [-0.3, -0.25) is 0 Å². The van der Waals surface area contributed by atoms with Crippen LogP contribution in [0, 0.1) is 0 Å². The fraction of sp³-hybridized carbons (Fsp3) is 0.462. The SMILES string of the molecule is COC(=O)C1(Nc2ccc(Cl)cc2)CCS(=O)(=O)CC1. The maximum atomic E-state index is 12.1. The minimum atomic E-state index is -3.06. The first-order chi connectivity index (χ1) is 9.37. The maximum absolute atomic E-state index is 12.1. The summed E-state index contributed by atoms with van der Waals surface area (Å²) in [7, 11) is -1.76. The van der Waals surface area contributed by atoms with Gasteiger partial charge in [-0.25, -0.2) is 13.2 Å². The zero-order valence-corrected chi connectivity index (χ0v) is 12.6. The van der Waals surface area contributed by atoms with E-state index in [0.717, 1.165) is 0 Å². The molecule has 1 heterocycles. The number of benzene rings is 1. The van der Waals surface area contributed by atoms with Gasteiger partial charge >= 0.3 is 5.97 Å². The van der Waals surface area contributed by atoms with E-state index >= 15 is 0 Å². The summed E-state index contributed by atoms with van der Waals surface area (Å²) in [5, 5.41) is 3.70. The Kier molecular flexibility index (Phi) is 4.25. The molecule has 1 aliphatic heterocycles. The monoisotopic (exact) mass is 317 g/mol. The number of carbonyl (C=O) groups excluding carboxylic acids is 1. The van der Waals surface area contributed by atoms with E-state index in [1.807, 2.05) is 0 Å². The normalized spacial score (nSPS) is 20.1. The van der Waals surface area contributed by atoms with Crippen molar-refractivity contribution in [3.05, 3.63) is 29.3 Å². The first kappa shape index (κ1) is 15.1. The molecule has 2 rings (SSSR count). The number of anilines is 1. The number of esters is 1. The largest absolute Gasteiger partial charge is 0.467 e. The lowest BCUT2D eigenvalue weighted by Crippen LogP contribution is -2.52. The summed E-state index contributed by atoms with van der Waals surface area (Å²) in [4.78, 5) is 12.1. The second-order valence-electron chi connectivity index (χ2n) is 4.86. The predicted molar refractivity (Wildman–Crippen MR) is 77.7 cm³/mol. The molecule has 1 saturated heterocycles. The Morgan fingerprint density at radius 2 is 1.80 bits per heavy atom. The number of nitrogens with one attached hydrogen (secondary N) is 1. The molecule has 0 atom stereocenters. The molecule has 110 valence electrons. The highest BCUT2D eigenvalue weighted by Crippen LogP contribution is 2.30. The molecule has 0 unspecified atom stereocenters. The summed E-state index contributed by atoms with van der Waals surface area (Å²) in [6, 6.07) is 6.90. The quantitative estimate of drug-likeness (QED) is 0.862. The Bertz CT molecular complexity index is 583. The van der Waals surface area contributed by atoms with Gasteiger partial charge in [0.2, 0.25) is 0 Å². The highest BCUT2D eigenvalue weighted by atomic mass is 35.5. The molecule has 0 spiro atoms. The van der Waals surface area contributed by atoms with Gasteiger partial charge < -0.3 is 10.1 Å². The lowest BCUT2D eigenvalue weighted by atomic mass is 9.92. The number of hydrogen-bond acceptors (Lipinski definition) is 5. The number of hydrogen-bond donors (Lipinski definition) is 1. The van der Waals surface area contributed by atoms with Crippen molar-refractivity contribution < 1.29 is 17.9 Å². The van der Waals surface area contributed by atoms with Gasteiger partial charge in [0.15, 0.2) is 9.84 Å². The molecule has 0 aromatic heterocycles. The molecular formula is C13H16ClNO4S. The summed E-state index contributed by atoms with van der Waals surface area (Å²) >= 11 is 5.82. The van der Waals surface area contributed by atoms with Gasteiger partial charge in [0, 0.05) is 10.7 Å². The molecule has 0 radical (unpaired) electrons. The highest BCUT2D eigenvalue weighted by molar-refractivity contribution is 7.91. The van der Waals surface area contributed by atoms with Crippen molar-refractivity contribution in [1.29, 1.82) is 0 Å². The summed E-state index contributed by atoms with van der Waals surface area (Å²) in [5.74, 6) is -0.492. The van der Waals surface area contributed by atoms with Crippen molar-refractivity contribution in [2.24, 2.45) is 0 Å². The van der Waals surface area contributed by atoms with Crippen LogP contribution in [0.1, 0.15) is 12.8 Å². The molecule has 7 heteroatoms. The van der Waals surface area contributed by atoms with Crippen LogP contribution in [0.2, 0.25) is 5.02 Å². The molecule has 1 fully saturated rings. The van der Waals surface area contributed by atoms with Gasteiger partial charge in [0.1, 0.15) is 5.54 Å². The molecule has 1 aromatic carbocycles. The molecule has 0 bridgehead atoms. The molecule has 1 aliphatic rings. The van der Waals surface area contributed by atoms with Gasteiger partial charge in [0.25, 0.3) is 0 Å². The molecule has 0 aliphatic carbocycles. The number of rotatable bonds is 3. The van der Waals surface area contributed by atoms with Crippen LogP contribution < -0.4 is 5.32 Å². The van der Waals surface area contributed by atoms with Crippen molar-refractivity contribution in [2.45, 2.75) is 18.4 Å². The average molecular weight is 318 g/mol. The van der Waals surface area contributed by atoms with Crippen molar-refractivity contribution in [3.8, 4) is 0 Å². The zero-order chi connectivity index (χ0) is 14.8. The van der Waals surface area contributed by atoms with E-state index in [2.05, 4.69) is 5.32 Å². The smallest absolute Gasteiger partial charge is 0.331 e. The van der Waals surface area contributed by atoms with E-state index < -0.39 is 21.3 Å². The molecular weight excluding hydrogens is 302 g/mol. The predicted octanol–water partition coefficient (Wildman–Crippen LogP) is 1.87. The summed E-state index contributed by atoms with van der Waals surface area (Å²) in [6.45, 7) is 0. The second-order valence-corrected chi connectivity index (χ2v) is 7.60. The topological polar surface area (TPSA) is 72.5 Å². The third-order valence-electron chi connectivity index (χ3n) is 3.48. The van der Waals surface area contributed by atoms with Crippen LogP contribution >= 0.6 is 11.6 Å². The first-order valence-corrected chi connectivity index (χ1v) is 8.39. The van der Waals surface area contributed by atoms with E-state index in [4.69, 9.17) is 16.3 Å². The van der Waals surface area contributed by atoms with Gasteiger partial charge in [-0.15, -0.1) is 0 Å². The second kappa shape index (κ2) is 5.61. The molecule has 1 N–H and O–H groups in total. The minimum Gasteiger partial charge on any atom is -0.467 e. The number of methoxy groups -OCH3 is 1. The van der Waals surface area contributed by atoms with Crippen LogP contribution in [-0.4, -0.2) is 38.5 Å². The van der Waals surface area contributed by atoms with E-state index in [1.165, 1.54) is 7.11 Å². The highest BCUT2D eigenvalue weighted by Gasteiger charge is 2.44. The third-order valence-corrected chi connectivity index (χ3v) is 5.39. The van der Waals surface area contributed by atoms with Crippen molar-refractivity contribution >= 4 is 33.1 Å². The summed E-state index contributed by atoms with van der Waals surface area (Å²) in [6.07, 6.45) is 0.398. The van der Waals surface area contributed by atoms with Crippen LogP contribution in [-0.2, 0) is 19.4 Å². The Balaban J connectivity index is 2.24. The first-order valence-electron chi connectivity index (χ1n) is 6.19. The average Bonchev–Trinajstić information content (AvgIpc) is 2.43. The lowest BCUT2D eigenvalue weighted by Gasteiger charge is -2.35. The van der Waals surface area contributed by atoms with E-state index in [-0.39, 0.29) is 24.3 Å². The Morgan fingerprint density at radius 3 is 2.30 bits per heavy atom. The standard InChI is InChI=1S/C13H16ClNO4S/c1-19-12(16)13(6-8-20(17,18)9-7-13)15-11-4-2-10(14)3-5-11/h2-5,15H,6-9H2,1H3. The fourth-order valence-electron chi connectivity index (χ4n) is 2.27. The van der Waals surface area contributed by atoms with Gasteiger partial charge in [-0.2, -0.15) is 0 Å². The third kappa shape index (κ3) is 3.24. The van der Waals surface area contributed by atoms with Gasteiger partial charge in [-0.1, -0.05) is 11.6 Å². The lowest BCUT2D eigenvalue weighted by molar-refractivity contribution is -0.146. The van der Waals surface area contributed by atoms with Gasteiger partial charge in [0.05, 0.1) is 18.6 Å². The zero-order valence-electron chi connectivity index (χ0n) is 11.1. The summed E-state index contributed by atoms with van der Waals surface area (Å²) in [5.41, 5.74) is -0.285. The number of ether oxygens (including phenoxy) is 1. The molecule has 0 saturated carbocycles. The molecule has 20 heavy (non-hydrogen) atoms. The van der Waals surface area contributed by atoms with Crippen LogP contribution in [0.25, 0.3) is 0 Å². The Labute approximate surface area is 123 Å². The van der Waals surface area contributed by atoms with E-state index in [1.54, 1.807) is 24.3 Å². The fourth-order valence-corrected chi connectivity index (χ4v) is 3.92. The van der Waals surface area contributed by atoms with E-state index in [0.29, 0.717) is 10.7 Å². The van der Waals surface area contributed by atoms with Crippen LogP contribution in [0.15, 0.2) is 24.3 Å². The number of carbonyl (C=O) groups is 1. The number of halogens is 1. The molecule has 0 amide bonds. The van der Waals surface area contributed by atoms with E-state index in [9.17, 15) is 13.2 Å². The van der Waals surface area contributed by atoms with Crippen LogP contribution in [0.4, 0.5) is 5.69 Å². The van der Waals surface area contributed by atoms with Gasteiger partial charge in [-0.05, 0) is 37.1 Å². The maximum Gasteiger partial charge on any atom is 0.331 e.